The van der Waals surface area contributed by atoms with Gasteiger partial charge in [-0.2, -0.15) is 0 Å². The molecule has 18 aromatic carbocycles. The van der Waals surface area contributed by atoms with Gasteiger partial charge in [-0.15, -0.1) is 0 Å². The van der Waals surface area contributed by atoms with Crippen LogP contribution in [0.5, 0.6) is 0 Å². The van der Waals surface area contributed by atoms with Crippen LogP contribution in [-0.2, 0) is 0 Å². The predicted octanol–water partition coefficient (Wildman–Crippen LogP) is 24.4. The first-order chi connectivity index (χ1) is 42.7. The van der Waals surface area contributed by atoms with Gasteiger partial charge in [-0.25, -0.2) is 0 Å². The highest BCUT2D eigenvalue weighted by atomic mass is 14.3. The minimum absolute atomic E-state index is 1.19. The largest absolute Gasteiger partial charge is 0.0622 e. The molecule has 18 aromatic rings. The molecule has 0 aliphatic heterocycles. The van der Waals surface area contributed by atoms with Crippen LogP contribution in [0.4, 0.5) is 0 Å². The number of rotatable bonds is 6. The first-order valence-electron chi connectivity index (χ1n) is 30.0. The number of hydrogen-bond acceptors (Lipinski definition) is 0. The van der Waals surface area contributed by atoms with E-state index in [2.05, 4.69) is 315 Å². The molecule has 0 aliphatic carbocycles. The lowest BCUT2D eigenvalue weighted by Gasteiger charge is -2.20. The van der Waals surface area contributed by atoms with E-state index in [0.29, 0.717) is 0 Å². The summed E-state index contributed by atoms with van der Waals surface area (Å²) in [5, 5.41) is 27.7. The second-order valence-electron chi connectivity index (χ2n) is 23.2. The van der Waals surface area contributed by atoms with Crippen LogP contribution in [0.1, 0.15) is 0 Å². The maximum absolute atomic E-state index is 2.49. The number of benzene rings is 18. The molecule has 0 saturated heterocycles. The van der Waals surface area contributed by atoms with Crippen molar-refractivity contribution in [3.05, 3.63) is 315 Å². The standard InChI is InChI=1S/C86H52/c1-2-22-55(23-3-1)81-70-32-12-18-38-76(70)84(77-39-19-13-33-71(77)81)78-50-49-60(61-26-6-7-27-62(61)78)58-46-48-66-64-29-9-10-30-68(64)85-79-51-57(45-47-65(79)63-28-8-11-31-69(63)86(85)80(66)52-58)53-41-43-56(44-42-53)82-72-34-14-16-36-74(72)83(75-37-17-15-35-73(75)82)67-40-20-24-54-21-4-5-25-59(54)67/h1-52H. The van der Waals surface area contributed by atoms with E-state index in [0.717, 1.165) is 0 Å². The van der Waals surface area contributed by atoms with Gasteiger partial charge in [-0.1, -0.05) is 303 Å². The van der Waals surface area contributed by atoms with Crippen molar-refractivity contribution < 1.29 is 0 Å². The van der Waals surface area contributed by atoms with Crippen molar-refractivity contribution in [2.75, 3.05) is 0 Å². The first kappa shape index (κ1) is 48.4. The molecule has 0 amide bonds. The number of fused-ring (bicyclic) bond motifs is 17. The summed E-state index contributed by atoms with van der Waals surface area (Å²) < 4.78 is 0. The molecule has 0 bridgehead atoms. The van der Waals surface area contributed by atoms with Gasteiger partial charge in [0.15, 0.2) is 0 Å². The Kier molecular flexibility index (Phi) is 10.8. The van der Waals surface area contributed by atoms with E-state index < -0.39 is 0 Å². The smallest absolute Gasteiger partial charge is 0.00137 e. The van der Waals surface area contributed by atoms with E-state index in [1.165, 1.54) is 185 Å². The molecule has 0 unspecified atom stereocenters. The summed E-state index contributed by atoms with van der Waals surface area (Å²) in [4.78, 5) is 0. The Labute approximate surface area is 497 Å². The molecule has 0 spiro atoms. The highest BCUT2D eigenvalue weighted by molar-refractivity contribution is 6.40. The summed E-state index contributed by atoms with van der Waals surface area (Å²) in [6.45, 7) is 0. The molecular formula is C86H52. The Morgan fingerprint density at radius 2 is 0.442 bits per heavy atom. The molecule has 396 valence electrons. The maximum atomic E-state index is 2.49. The predicted molar refractivity (Wildman–Crippen MR) is 372 cm³/mol. The lowest BCUT2D eigenvalue weighted by atomic mass is 9.83. The van der Waals surface area contributed by atoms with E-state index in [9.17, 15) is 0 Å². The van der Waals surface area contributed by atoms with Crippen LogP contribution in [0.2, 0.25) is 0 Å². The normalized spacial score (nSPS) is 12.0. The van der Waals surface area contributed by atoms with Crippen LogP contribution < -0.4 is 0 Å². The molecule has 0 radical (unpaired) electrons. The zero-order valence-electron chi connectivity index (χ0n) is 47.0. The van der Waals surface area contributed by atoms with Crippen molar-refractivity contribution in [2.24, 2.45) is 0 Å². The van der Waals surface area contributed by atoms with Crippen molar-refractivity contribution in [3.63, 3.8) is 0 Å². The van der Waals surface area contributed by atoms with Gasteiger partial charge < -0.3 is 0 Å². The van der Waals surface area contributed by atoms with Gasteiger partial charge >= 0.3 is 0 Å². The van der Waals surface area contributed by atoms with Crippen molar-refractivity contribution in [1.29, 1.82) is 0 Å². The van der Waals surface area contributed by atoms with Crippen molar-refractivity contribution in [1.82, 2.24) is 0 Å². The molecule has 0 atom stereocenters. The lowest BCUT2D eigenvalue weighted by Crippen LogP contribution is -1.93. The molecule has 0 aliphatic rings. The quantitative estimate of drug-likeness (QED) is 0.115. The van der Waals surface area contributed by atoms with Gasteiger partial charge in [0.05, 0.1) is 0 Å². The average molecular weight is 1090 g/mol. The van der Waals surface area contributed by atoms with E-state index in [1.807, 2.05) is 0 Å². The Bertz CT molecular complexity index is 5750. The third-order valence-corrected chi connectivity index (χ3v) is 18.8. The van der Waals surface area contributed by atoms with E-state index in [4.69, 9.17) is 0 Å². The van der Waals surface area contributed by atoms with Gasteiger partial charge in [0, 0.05) is 0 Å². The van der Waals surface area contributed by atoms with Gasteiger partial charge in [-0.05, 0) is 197 Å². The second-order valence-corrected chi connectivity index (χ2v) is 23.2. The molecule has 0 N–H and O–H groups in total. The lowest BCUT2D eigenvalue weighted by molar-refractivity contribution is 1.63. The van der Waals surface area contributed by atoms with Crippen molar-refractivity contribution in [2.45, 2.75) is 0 Å². The zero-order chi connectivity index (χ0) is 56.4. The van der Waals surface area contributed by atoms with Gasteiger partial charge in [0.1, 0.15) is 0 Å². The molecule has 86 heavy (non-hydrogen) atoms. The minimum atomic E-state index is 1.19. The average Bonchev–Trinajstić information content (AvgIpc) is 0.811. The van der Waals surface area contributed by atoms with Crippen LogP contribution in [0.15, 0.2) is 315 Å². The minimum Gasteiger partial charge on any atom is -0.0622 e. The Balaban J connectivity index is 0.814. The summed E-state index contributed by atoms with van der Waals surface area (Å²) in [7, 11) is 0. The third-order valence-electron chi connectivity index (χ3n) is 18.8. The summed E-state index contributed by atoms with van der Waals surface area (Å²) in [5.74, 6) is 0. The topological polar surface area (TPSA) is 0 Å². The molecule has 0 aromatic heterocycles. The molecule has 0 fully saturated rings. The summed E-state index contributed by atoms with van der Waals surface area (Å²) in [6.07, 6.45) is 0. The van der Waals surface area contributed by atoms with Gasteiger partial charge in [-0.3, -0.25) is 0 Å². The Morgan fingerprint density at radius 3 is 0.953 bits per heavy atom. The molecular weight excluding hydrogens is 1030 g/mol. The third kappa shape index (κ3) is 7.24. The van der Waals surface area contributed by atoms with E-state index in [1.54, 1.807) is 0 Å². The summed E-state index contributed by atoms with van der Waals surface area (Å²) in [5.41, 5.74) is 14.8. The highest BCUT2D eigenvalue weighted by Crippen LogP contribution is 2.50. The van der Waals surface area contributed by atoms with Crippen molar-refractivity contribution >= 4 is 118 Å². The monoisotopic (exact) mass is 1080 g/mol. The van der Waals surface area contributed by atoms with E-state index in [-0.39, 0.29) is 0 Å². The summed E-state index contributed by atoms with van der Waals surface area (Å²) in [6, 6.07) is 118. The zero-order valence-corrected chi connectivity index (χ0v) is 47.0. The second kappa shape index (κ2) is 19.2. The molecule has 0 nitrogen and oxygen atoms in total. The molecule has 18 rings (SSSR count). The SMILES string of the molecule is c1ccc(-c2c3ccccc3c(-c3ccc(-c4ccc5c6ccccc6c6c7cc(-c8ccc(-c9c%10ccccc%10c(-c%10cccc%11ccccc%10%11)c%10ccccc9%10)cc8)ccc7c7ccccc7c6c5c4)c4ccccc34)c3ccccc23)cc1. The van der Waals surface area contributed by atoms with Crippen LogP contribution in [0.25, 0.3) is 185 Å². The number of hydrogen-bond donors (Lipinski definition) is 0. The van der Waals surface area contributed by atoms with Gasteiger partial charge in [0.2, 0.25) is 0 Å². The first-order valence-corrected chi connectivity index (χ1v) is 30.0. The van der Waals surface area contributed by atoms with Crippen LogP contribution in [-0.4, -0.2) is 0 Å². The fraction of sp³-hybridized carbons (Fsp3) is 0. The fourth-order valence-corrected chi connectivity index (χ4v) is 15.1. The Hall–Kier alpha value is -11.2. The maximum Gasteiger partial charge on any atom is -0.00137 e. The van der Waals surface area contributed by atoms with Crippen LogP contribution in [0, 0.1) is 0 Å². The molecule has 0 saturated carbocycles. The van der Waals surface area contributed by atoms with Crippen molar-refractivity contribution in [3.8, 4) is 66.8 Å². The Morgan fingerprint density at radius 1 is 0.128 bits per heavy atom. The van der Waals surface area contributed by atoms with Crippen LogP contribution in [0.3, 0.4) is 0 Å². The molecule has 0 heteroatoms. The van der Waals surface area contributed by atoms with Gasteiger partial charge in [0.25, 0.3) is 0 Å². The molecule has 0 heterocycles. The summed E-state index contributed by atoms with van der Waals surface area (Å²) >= 11 is 0. The van der Waals surface area contributed by atoms with E-state index >= 15 is 0 Å². The fourth-order valence-electron chi connectivity index (χ4n) is 15.1. The van der Waals surface area contributed by atoms with Crippen LogP contribution >= 0.6 is 0 Å². The highest BCUT2D eigenvalue weighted by Gasteiger charge is 2.23.